The summed E-state index contributed by atoms with van der Waals surface area (Å²) in [6.45, 7) is 4.70. The summed E-state index contributed by atoms with van der Waals surface area (Å²) in [4.78, 5) is 100. The van der Waals surface area contributed by atoms with Gasteiger partial charge in [-0.1, -0.05) is 71.2 Å². The van der Waals surface area contributed by atoms with Gasteiger partial charge in [0, 0.05) is 36.8 Å². The summed E-state index contributed by atoms with van der Waals surface area (Å²) in [5, 5.41) is 26.7. The molecule has 26 nitrogen and oxygen atoms in total. The first kappa shape index (κ1) is 60.8. The van der Waals surface area contributed by atoms with Gasteiger partial charge in [0.05, 0.1) is 19.5 Å². The number of aliphatic hydroxyl groups is 2. The Labute approximate surface area is 428 Å². The Kier molecular flexibility index (Phi) is 21.6. The number of nitrogens with two attached hydrogens (primary N) is 1. The third-order valence-corrected chi connectivity index (χ3v) is 16.1. The summed E-state index contributed by atoms with van der Waals surface area (Å²) in [6.07, 6.45) is 4.67. The molecule has 2 amide bonds. The van der Waals surface area contributed by atoms with E-state index in [-0.39, 0.29) is 54.3 Å². The fourth-order valence-electron chi connectivity index (χ4n) is 8.37. The lowest BCUT2D eigenvalue weighted by atomic mass is 9.81. The van der Waals surface area contributed by atoms with Crippen molar-refractivity contribution >= 4 is 64.5 Å². The number of fused-ring (bicyclic) bond motifs is 1. The van der Waals surface area contributed by atoms with Crippen LogP contribution in [0.2, 0.25) is 0 Å². The van der Waals surface area contributed by atoms with Crippen molar-refractivity contribution in [2.45, 2.75) is 154 Å². The molecular weight excluding hydrogens is 1040 g/mol. The maximum absolute atomic E-state index is 13.0. The zero-order chi connectivity index (χ0) is 54.5. The molecule has 1 saturated heterocycles. The van der Waals surface area contributed by atoms with Gasteiger partial charge in [0.25, 0.3) is 6.47 Å². The third-order valence-electron chi connectivity index (χ3n) is 13.0. The number of anilines is 1. The second-order valence-corrected chi connectivity index (χ2v) is 24.2. The minimum atomic E-state index is -5.60. The zero-order valence-corrected chi connectivity index (χ0v) is 44.5. The van der Waals surface area contributed by atoms with Gasteiger partial charge >= 0.3 is 23.5 Å². The molecule has 0 bridgehead atoms. The van der Waals surface area contributed by atoms with Crippen molar-refractivity contribution in [3.63, 3.8) is 0 Å². The van der Waals surface area contributed by atoms with Gasteiger partial charge in [-0.2, -0.15) is 4.31 Å². The second kappa shape index (κ2) is 26.3. The van der Waals surface area contributed by atoms with Crippen LogP contribution in [0.4, 0.5) is 5.82 Å². The van der Waals surface area contributed by atoms with Gasteiger partial charge in [-0.05, 0) is 68.9 Å². The van der Waals surface area contributed by atoms with Crippen LogP contribution in [0, 0.1) is 10.8 Å². The van der Waals surface area contributed by atoms with Gasteiger partial charge in [0.1, 0.15) is 47.6 Å². The number of benzene rings is 1. The minimum Gasteiger partial charge on any atom is -0.461 e. The lowest BCUT2D eigenvalue weighted by molar-refractivity contribution is -0.137. The second-order valence-electron chi connectivity index (χ2n) is 20.0. The molecule has 10 N–H and O–H groups in total. The van der Waals surface area contributed by atoms with E-state index in [4.69, 9.17) is 24.3 Å². The number of aliphatic hydroxyl groups excluding tert-OH is 2. The van der Waals surface area contributed by atoms with Gasteiger partial charge in [-0.15, -0.1) is 0 Å². The summed E-state index contributed by atoms with van der Waals surface area (Å²) < 4.78 is 67.9. The highest BCUT2D eigenvalue weighted by Gasteiger charge is 2.50. The lowest BCUT2D eigenvalue weighted by Crippen LogP contribution is -2.46. The first-order valence-corrected chi connectivity index (χ1v) is 28.8. The van der Waals surface area contributed by atoms with Crippen LogP contribution < -0.4 is 16.4 Å². The number of nitrogens with one attached hydrogen (secondary N) is 2. The van der Waals surface area contributed by atoms with Crippen LogP contribution >= 0.6 is 23.5 Å². The predicted molar refractivity (Wildman–Crippen MR) is 263 cm³/mol. The Bertz CT molecular complexity index is 2540. The molecule has 5 rings (SSSR count). The summed E-state index contributed by atoms with van der Waals surface area (Å²) in [6, 6.07) is 8.68. The molecule has 7 unspecified atom stereocenters. The number of nitrogens with zero attached hydrogens (tertiary/aromatic N) is 4. The number of Topliss-reactive ketones (excluding diaryl/α,β-unsaturated/α-hetero) is 1. The van der Waals surface area contributed by atoms with Crippen LogP contribution in [0.25, 0.3) is 11.2 Å². The fraction of sp³-hybridized carbons (Fsp3) is 0.667. The number of carbonyl (C=O) groups is 4. The quantitative estimate of drug-likeness (QED) is 0.0232. The summed E-state index contributed by atoms with van der Waals surface area (Å²) in [7, 11) is -16.5. The Morgan fingerprint density at radius 3 is 2.23 bits per heavy atom. The van der Waals surface area contributed by atoms with Gasteiger partial charge < -0.3 is 55.6 Å². The standard InChI is InChI=1S/C45H70N7O19P3/c1-43(2,18-9-6-5-7-12-30-14-11-15-31(24-30)13-8-10-19-45(20-21-45)66-29-53)33(54)16-22-47-34(55)17-23-48-41(58)38(57)44(3,4)26-68-74(64,65)71-73(62,63)67-25-32-37(70-72(59,60)61)36(56)42(69-32)52-28-51-35-39(46)49-27-50-40(35)52/h11,14-15,24,27-29,32,36-38,42,56-57H,5-10,12-13,16-23,25-26H2,1-4H3,(H,47,55)(H,48,58)(H,62,63)(H,64,65)(H2,46,49,50)(H2,59,60,61). The Morgan fingerprint density at radius 1 is 0.919 bits per heavy atom. The van der Waals surface area contributed by atoms with Crippen LogP contribution in [-0.2, 0) is 73.1 Å². The average molecular weight is 1110 g/mol. The number of carbonyl (C=O) groups excluding carboxylic acids is 4. The first-order chi connectivity index (χ1) is 34.7. The lowest BCUT2D eigenvalue weighted by Gasteiger charge is -2.30. The van der Waals surface area contributed by atoms with E-state index in [9.17, 15) is 62.7 Å². The van der Waals surface area contributed by atoms with Crippen molar-refractivity contribution in [1.29, 1.82) is 0 Å². The minimum absolute atomic E-state index is 0.00692. The van der Waals surface area contributed by atoms with Crippen LogP contribution in [0.15, 0.2) is 36.9 Å². The van der Waals surface area contributed by atoms with Crippen LogP contribution in [-0.4, -0.2) is 130 Å². The SMILES string of the molecule is CC(C)(CCCCCCc1cccc(CCCCC2(OC=O)CC2)c1)C(=O)CCNC(=O)CCNC(=O)C(O)C(C)(C)COP(=O)(O)OP(=O)(O)OCC1OC(n2cnc3c(N)ncnc32)C(O)C1OP(=O)(O)O. The number of amides is 2. The number of nitrogen functional groups attached to an aromatic ring is 1. The highest BCUT2D eigenvalue weighted by Crippen LogP contribution is 2.61. The maximum atomic E-state index is 13.0. The maximum Gasteiger partial charge on any atom is 0.481 e. The molecule has 3 heterocycles. The number of hydrogen-bond donors (Lipinski definition) is 9. The van der Waals surface area contributed by atoms with E-state index < -0.39 is 90.0 Å². The van der Waals surface area contributed by atoms with E-state index in [0.717, 1.165) is 87.9 Å². The van der Waals surface area contributed by atoms with Gasteiger partial charge in [-0.3, -0.25) is 37.3 Å². The van der Waals surface area contributed by atoms with Gasteiger partial charge in [0.15, 0.2) is 17.7 Å². The van der Waals surface area contributed by atoms with Crippen LogP contribution in [0.1, 0.15) is 122 Å². The summed E-state index contributed by atoms with van der Waals surface area (Å²) >= 11 is 0. The van der Waals surface area contributed by atoms with Crippen molar-refractivity contribution in [2.75, 3.05) is 32.0 Å². The number of hydrogen-bond acceptors (Lipinski definition) is 19. The van der Waals surface area contributed by atoms with Crippen molar-refractivity contribution in [2.24, 2.45) is 10.8 Å². The number of phosphoric acid groups is 3. The number of aromatic nitrogens is 4. The predicted octanol–water partition coefficient (Wildman–Crippen LogP) is 4.00. The Balaban J connectivity index is 0.945. The van der Waals surface area contributed by atoms with Crippen LogP contribution in [0.3, 0.4) is 0 Å². The number of aryl methyl sites for hydroxylation is 2. The largest absolute Gasteiger partial charge is 0.481 e. The highest BCUT2D eigenvalue weighted by atomic mass is 31.3. The van der Waals surface area contributed by atoms with Crippen LogP contribution in [0.5, 0.6) is 0 Å². The van der Waals surface area contributed by atoms with Crippen molar-refractivity contribution in [3.8, 4) is 0 Å². The molecule has 29 heteroatoms. The van der Waals surface area contributed by atoms with E-state index in [2.05, 4.69) is 58.7 Å². The monoisotopic (exact) mass is 1110 g/mol. The molecule has 2 aromatic heterocycles. The molecule has 1 saturated carbocycles. The topological polar surface area (TPSA) is 390 Å². The van der Waals surface area contributed by atoms with Gasteiger partial charge in [0.2, 0.25) is 11.8 Å². The molecule has 7 atom stereocenters. The number of rotatable bonds is 34. The van der Waals surface area contributed by atoms with E-state index in [1.807, 2.05) is 13.8 Å². The van der Waals surface area contributed by atoms with Crippen molar-refractivity contribution in [1.82, 2.24) is 30.2 Å². The smallest absolute Gasteiger partial charge is 0.461 e. The first-order valence-electron chi connectivity index (χ1n) is 24.3. The van der Waals surface area contributed by atoms with E-state index >= 15 is 0 Å². The fourth-order valence-corrected chi connectivity index (χ4v) is 11.2. The molecule has 0 radical (unpaired) electrons. The summed E-state index contributed by atoms with van der Waals surface area (Å²) in [5.74, 6) is -1.49. The van der Waals surface area contributed by atoms with Gasteiger partial charge in [-0.25, -0.2) is 28.6 Å². The molecule has 1 aliphatic carbocycles. The third kappa shape index (κ3) is 18.6. The molecular formula is C45H70N7O19P3. The number of unbranched alkanes of at least 4 members (excludes halogenated alkanes) is 4. The molecule has 1 aliphatic heterocycles. The molecule has 0 spiro atoms. The Morgan fingerprint density at radius 2 is 1.57 bits per heavy atom. The highest BCUT2D eigenvalue weighted by molar-refractivity contribution is 7.61. The molecule has 74 heavy (non-hydrogen) atoms. The molecule has 2 aliphatic rings. The number of phosphoric ester groups is 3. The van der Waals surface area contributed by atoms with Crippen molar-refractivity contribution < 1.29 is 90.0 Å². The normalized spacial score (nSPS) is 20.8. The van der Waals surface area contributed by atoms with E-state index in [0.29, 0.717) is 12.9 Å². The van der Waals surface area contributed by atoms with Crippen molar-refractivity contribution in [3.05, 3.63) is 48.0 Å². The number of ketones is 1. The van der Waals surface area contributed by atoms with E-state index in [1.54, 1.807) is 0 Å². The molecule has 2 fully saturated rings. The average Bonchev–Trinajstić information content (AvgIpc) is 3.84. The Hall–Kier alpha value is -4.10. The molecule has 1 aromatic carbocycles. The molecule has 3 aromatic rings. The zero-order valence-electron chi connectivity index (χ0n) is 41.9. The summed E-state index contributed by atoms with van der Waals surface area (Å²) in [5.41, 5.74) is 6.10. The van der Waals surface area contributed by atoms with E-state index in [1.165, 1.54) is 25.0 Å². The molecule has 414 valence electrons. The number of imidazole rings is 1. The number of ether oxygens (including phenoxy) is 2.